The van der Waals surface area contributed by atoms with Crippen LogP contribution in [0, 0.1) is 13.8 Å². The lowest BCUT2D eigenvalue weighted by Gasteiger charge is -2.39. The zero-order valence-electron chi connectivity index (χ0n) is 13.2. The molecule has 2 N–H and O–H groups in total. The van der Waals surface area contributed by atoms with Crippen LogP contribution >= 0.6 is 12.2 Å². The Labute approximate surface area is 132 Å². The van der Waals surface area contributed by atoms with Crippen molar-refractivity contribution in [2.75, 3.05) is 31.1 Å². The van der Waals surface area contributed by atoms with Crippen LogP contribution in [0.25, 0.3) is 0 Å². The van der Waals surface area contributed by atoms with Crippen molar-refractivity contribution < 1.29 is 0 Å². The van der Waals surface area contributed by atoms with E-state index in [4.69, 9.17) is 18.0 Å². The Bertz CT molecular complexity index is 497. The SMILES string of the molecule is CCCC(C(N)=S)N1CCN(c2cnc(C)c(C)n2)CC1. The van der Waals surface area contributed by atoms with Gasteiger partial charge in [0.2, 0.25) is 0 Å². The van der Waals surface area contributed by atoms with Gasteiger partial charge in [-0.05, 0) is 20.3 Å². The molecule has 116 valence electrons. The smallest absolute Gasteiger partial charge is 0.147 e. The summed E-state index contributed by atoms with van der Waals surface area (Å²) in [5.74, 6) is 0.972. The summed E-state index contributed by atoms with van der Waals surface area (Å²) in [5, 5.41) is 0. The van der Waals surface area contributed by atoms with Crippen LogP contribution in [0.15, 0.2) is 6.20 Å². The van der Waals surface area contributed by atoms with Crippen molar-refractivity contribution in [2.45, 2.75) is 39.7 Å². The van der Waals surface area contributed by atoms with Crippen LogP contribution in [-0.2, 0) is 0 Å². The summed E-state index contributed by atoms with van der Waals surface area (Å²) in [4.78, 5) is 14.4. The molecular weight excluding hydrogens is 282 g/mol. The van der Waals surface area contributed by atoms with Gasteiger partial charge in [0.25, 0.3) is 0 Å². The fraction of sp³-hybridized carbons (Fsp3) is 0.667. The summed E-state index contributed by atoms with van der Waals surface area (Å²) in [5.41, 5.74) is 7.89. The zero-order chi connectivity index (χ0) is 15.4. The monoisotopic (exact) mass is 307 g/mol. The van der Waals surface area contributed by atoms with E-state index in [9.17, 15) is 0 Å². The molecule has 1 unspecified atom stereocenters. The molecule has 5 nitrogen and oxygen atoms in total. The predicted molar refractivity (Wildman–Crippen MR) is 90.8 cm³/mol. The molecule has 0 amide bonds. The molecule has 0 aliphatic carbocycles. The first-order valence-corrected chi connectivity index (χ1v) is 8.02. The van der Waals surface area contributed by atoms with Crippen LogP contribution in [0.1, 0.15) is 31.2 Å². The number of anilines is 1. The highest BCUT2D eigenvalue weighted by molar-refractivity contribution is 7.80. The van der Waals surface area contributed by atoms with Gasteiger partial charge >= 0.3 is 0 Å². The van der Waals surface area contributed by atoms with Gasteiger partial charge in [0.1, 0.15) is 5.82 Å². The normalized spacial score (nSPS) is 17.8. The Balaban J connectivity index is 1.99. The van der Waals surface area contributed by atoms with Gasteiger partial charge in [0.15, 0.2) is 0 Å². The van der Waals surface area contributed by atoms with Crippen LogP contribution in [0.5, 0.6) is 0 Å². The van der Waals surface area contributed by atoms with Gasteiger partial charge in [-0.2, -0.15) is 0 Å². The van der Waals surface area contributed by atoms with Crippen molar-refractivity contribution in [2.24, 2.45) is 5.73 Å². The summed E-state index contributed by atoms with van der Waals surface area (Å²) in [7, 11) is 0. The molecule has 1 aliphatic heterocycles. The van der Waals surface area contributed by atoms with Crippen LogP contribution in [0.2, 0.25) is 0 Å². The third-order valence-electron chi connectivity index (χ3n) is 4.15. The molecule has 0 spiro atoms. The molecule has 1 fully saturated rings. The summed E-state index contributed by atoms with van der Waals surface area (Å²) < 4.78 is 0. The molecular formula is C15H25N5S. The third kappa shape index (κ3) is 3.89. The largest absolute Gasteiger partial charge is 0.392 e. The first-order valence-electron chi connectivity index (χ1n) is 7.61. The fourth-order valence-electron chi connectivity index (χ4n) is 2.72. The van der Waals surface area contributed by atoms with Crippen LogP contribution in [0.3, 0.4) is 0 Å². The van der Waals surface area contributed by atoms with Crippen molar-refractivity contribution in [3.8, 4) is 0 Å². The van der Waals surface area contributed by atoms with Crippen molar-refractivity contribution in [1.82, 2.24) is 14.9 Å². The highest BCUT2D eigenvalue weighted by atomic mass is 32.1. The number of nitrogens with two attached hydrogens (primary N) is 1. The van der Waals surface area contributed by atoms with Gasteiger partial charge in [-0.15, -0.1) is 0 Å². The maximum atomic E-state index is 5.89. The van der Waals surface area contributed by atoms with E-state index in [1.54, 1.807) is 0 Å². The quantitative estimate of drug-likeness (QED) is 0.835. The van der Waals surface area contributed by atoms with E-state index < -0.39 is 0 Å². The maximum absolute atomic E-state index is 5.89. The minimum Gasteiger partial charge on any atom is -0.392 e. The maximum Gasteiger partial charge on any atom is 0.147 e. The number of nitrogens with zero attached hydrogens (tertiary/aromatic N) is 4. The number of rotatable bonds is 5. The summed E-state index contributed by atoms with van der Waals surface area (Å²) in [6, 6.07) is 0.234. The summed E-state index contributed by atoms with van der Waals surface area (Å²) >= 11 is 5.22. The molecule has 1 aromatic rings. The highest BCUT2D eigenvalue weighted by Gasteiger charge is 2.25. The molecule has 0 aromatic carbocycles. The van der Waals surface area contributed by atoms with Gasteiger partial charge in [-0.25, -0.2) is 4.98 Å². The molecule has 2 heterocycles. The molecule has 0 saturated carbocycles. The van der Waals surface area contributed by atoms with E-state index >= 15 is 0 Å². The highest BCUT2D eigenvalue weighted by Crippen LogP contribution is 2.17. The standard InChI is InChI=1S/C15H25N5S/c1-4-5-13(15(16)21)19-6-8-20(9-7-19)14-10-17-11(2)12(3)18-14/h10,13H,4-9H2,1-3H3,(H2,16,21). The molecule has 1 saturated heterocycles. The van der Waals surface area contributed by atoms with Crippen molar-refractivity contribution in [1.29, 1.82) is 0 Å². The van der Waals surface area contributed by atoms with Gasteiger partial charge in [0.05, 0.1) is 28.6 Å². The van der Waals surface area contributed by atoms with E-state index in [-0.39, 0.29) is 6.04 Å². The van der Waals surface area contributed by atoms with Crippen molar-refractivity contribution >= 4 is 23.0 Å². The van der Waals surface area contributed by atoms with E-state index in [0.717, 1.165) is 56.2 Å². The molecule has 0 bridgehead atoms. The molecule has 1 aromatic heterocycles. The van der Waals surface area contributed by atoms with E-state index in [0.29, 0.717) is 4.99 Å². The number of hydrogen-bond donors (Lipinski definition) is 1. The first-order chi connectivity index (χ1) is 10.0. The number of aromatic nitrogens is 2. The van der Waals surface area contributed by atoms with Crippen LogP contribution < -0.4 is 10.6 Å². The predicted octanol–water partition coefficient (Wildman–Crippen LogP) is 1.67. The Morgan fingerprint density at radius 2 is 1.95 bits per heavy atom. The van der Waals surface area contributed by atoms with Crippen LogP contribution in [-0.4, -0.2) is 52.1 Å². The van der Waals surface area contributed by atoms with E-state index in [1.165, 1.54) is 0 Å². The molecule has 6 heteroatoms. The number of hydrogen-bond acceptors (Lipinski definition) is 5. The van der Waals surface area contributed by atoms with Crippen LogP contribution in [0.4, 0.5) is 5.82 Å². The summed E-state index contributed by atoms with van der Waals surface area (Å²) in [6.45, 7) is 9.99. The van der Waals surface area contributed by atoms with Gasteiger partial charge in [-0.1, -0.05) is 25.6 Å². The Morgan fingerprint density at radius 1 is 1.29 bits per heavy atom. The number of aryl methyl sites for hydroxylation is 2. The molecule has 0 radical (unpaired) electrons. The minimum absolute atomic E-state index is 0.234. The first kappa shape index (κ1) is 16.1. The Morgan fingerprint density at radius 3 is 2.48 bits per heavy atom. The van der Waals surface area contributed by atoms with Gasteiger partial charge in [0, 0.05) is 26.2 Å². The lowest BCUT2D eigenvalue weighted by Crippen LogP contribution is -2.54. The van der Waals surface area contributed by atoms with Crippen molar-refractivity contribution in [3.63, 3.8) is 0 Å². The Hall–Kier alpha value is -1.27. The van der Waals surface area contributed by atoms with Gasteiger partial charge in [-0.3, -0.25) is 9.88 Å². The summed E-state index contributed by atoms with van der Waals surface area (Å²) in [6.07, 6.45) is 4.01. The van der Waals surface area contributed by atoms with E-state index in [1.807, 2.05) is 20.0 Å². The molecule has 1 aliphatic rings. The Kier molecular flexibility index (Phi) is 5.47. The molecule has 1 atom stereocenters. The number of piperazine rings is 1. The topological polar surface area (TPSA) is 58.3 Å². The van der Waals surface area contributed by atoms with E-state index in [2.05, 4.69) is 26.7 Å². The second-order valence-electron chi connectivity index (χ2n) is 5.63. The van der Waals surface area contributed by atoms with Crippen molar-refractivity contribution in [3.05, 3.63) is 17.6 Å². The van der Waals surface area contributed by atoms with Gasteiger partial charge < -0.3 is 10.6 Å². The molecule has 21 heavy (non-hydrogen) atoms. The average Bonchev–Trinajstić information content (AvgIpc) is 2.47. The fourth-order valence-corrected chi connectivity index (χ4v) is 2.99. The zero-order valence-corrected chi connectivity index (χ0v) is 14.0. The lowest BCUT2D eigenvalue weighted by atomic mass is 10.1. The average molecular weight is 307 g/mol. The second-order valence-corrected chi connectivity index (χ2v) is 6.10. The minimum atomic E-state index is 0.234. The number of thiocarbonyl (C=S) groups is 1. The lowest BCUT2D eigenvalue weighted by molar-refractivity contribution is 0.219. The second kappa shape index (κ2) is 7.13. The molecule has 2 rings (SSSR count). The third-order valence-corrected chi connectivity index (χ3v) is 4.42.